The molecular formula is C9H11F3N4O. The van der Waals surface area contributed by atoms with Gasteiger partial charge in [-0.2, -0.15) is 13.2 Å². The number of nitrogens with zero attached hydrogens (tertiary/aromatic N) is 4. The SMILES string of the molecule is [N-]=[N+]=NC/C(=C/C(=O)C(F)(F)F)N1CCCC1. The molecule has 17 heavy (non-hydrogen) atoms. The van der Waals surface area contributed by atoms with Gasteiger partial charge in [-0.3, -0.25) is 4.79 Å². The Morgan fingerprint density at radius 3 is 2.47 bits per heavy atom. The molecule has 0 saturated carbocycles. The quantitative estimate of drug-likeness (QED) is 0.332. The maximum atomic E-state index is 12.1. The highest BCUT2D eigenvalue weighted by Crippen LogP contribution is 2.20. The van der Waals surface area contributed by atoms with Crippen molar-refractivity contribution in [1.29, 1.82) is 0 Å². The van der Waals surface area contributed by atoms with Crippen molar-refractivity contribution in [2.24, 2.45) is 5.11 Å². The van der Waals surface area contributed by atoms with Gasteiger partial charge in [0.1, 0.15) is 0 Å². The Morgan fingerprint density at radius 1 is 1.41 bits per heavy atom. The molecule has 1 rings (SSSR count). The highest BCUT2D eigenvalue weighted by atomic mass is 19.4. The predicted molar refractivity (Wildman–Crippen MR) is 54.0 cm³/mol. The first kappa shape index (κ1) is 13.4. The van der Waals surface area contributed by atoms with Crippen molar-refractivity contribution < 1.29 is 18.0 Å². The topological polar surface area (TPSA) is 69.1 Å². The second-order valence-electron chi connectivity index (χ2n) is 3.58. The minimum absolute atomic E-state index is 0.127. The molecule has 0 amide bonds. The van der Waals surface area contributed by atoms with Crippen molar-refractivity contribution >= 4 is 5.78 Å². The minimum Gasteiger partial charge on any atom is -0.375 e. The summed E-state index contributed by atoms with van der Waals surface area (Å²) in [5.41, 5.74) is 8.28. The van der Waals surface area contributed by atoms with Crippen LogP contribution in [0.15, 0.2) is 16.9 Å². The molecule has 0 bridgehead atoms. The van der Waals surface area contributed by atoms with Gasteiger partial charge in [0.05, 0.1) is 6.54 Å². The van der Waals surface area contributed by atoms with Gasteiger partial charge < -0.3 is 4.90 Å². The van der Waals surface area contributed by atoms with Crippen LogP contribution in [0, 0.1) is 0 Å². The highest BCUT2D eigenvalue weighted by Gasteiger charge is 2.37. The molecule has 1 saturated heterocycles. The third-order valence-corrected chi connectivity index (χ3v) is 2.39. The third-order valence-electron chi connectivity index (χ3n) is 2.39. The van der Waals surface area contributed by atoms with Crippen LogP contribution < -0.4 is 0 Å². The van der Waals surface area contributed by atoms with E-state index in [4.69, 9.17) is 5.53 Å². The largest absolute Gasteiger partial charge is 0.454 e. The zero-order chi connectivity index (χ0) is 12.9. The van der Waals surface area contributed by atoms with E-state index in [0.717, 1.165) is 12.8 Å². The average Bonchev–Trinajstić information content (AvgIpc) is 2.75. The van der Waals surface area contributed by atoms with Crippen molar-refractivity contribution in [3.05, 3.63) is 22.2 Å². The number of azide groups is 1. The molecule has 0 unspecified atom stereocenters. The van der Waals surface area contributed by atoms with Gasteiger partial charge in [-0.25, -0.2) is 0 Å². The van der Waals surface area contributed by atoms with Crippen molar-refractivity contribution in [3.63, 3.8) is 0 Å². The number of ketones is 1. The number of hydrogen-bond donors (Lipinski definition) is 0. The number of hydrogen-bond acceptors (Lipinski definition) is 3. The van der Waals surface area contributed by atoms with Crippen molar-refractivity contribution in [3.8, 4) is 0 Å². The fourth-order valence-electron chi connectivity index (χ4n) is 1.58. The van der Waals surface area contributed by atoms with Gasteiger partial charge >= 0.3 is 6.18 Å². The summed E-state index contributed by atoms with van der Waals surface area (Å²) < 4.78 is 36.3. The molecule has 1 aliphatic rings. The third kappa shape index (κ3) is 3.99. The summed E-state index contributed by atoms with van der Waals surface area (Å²) in [6, 6.07) is 0. The van der Waals surface area contributed by atoms with Gasteiger partial charge in [0.2, 0.25) is 0 Å². The first-order valence-corrected chi connectivity index (χ1v) is 5.02. The first-order chi connectivity index (χ1) is 7.95. The van der Waals surface area contributed by atoms with Crippen molar-refractivity contribution in [1.82, 2.24) is 4.90 Å². The number of rotatable bonds is 4. The van der Waals surface area contributed by atoms with E-state index in [9.17, 15) is 18.0 Å². The van der Waals surface area contributed by atoms with Gasteiger partial charge in [0, 0.05) is 29.8 Å². The van der Waals surface area contributed by atoms with Gasteiger partial charge in [-0.05, 0) is 18.4 Å². The van der Waals surface area contributed by atoms with Gasteiger partial charge in [-0.1, -0.05) is 5.11 Å². The van der Waals surface area contributed by atoms with Crippen molar-refractivity contribution in [2.75, 3.05) is 19.6 Å². The Hall–Kier alpha value is -1.69. The zero-order valence-electron chi connectivity index (χ0n) is 8.94. The molecule has 0 radical (unpaired) electrons. The van der Waals surface area contributed by atoms with E-state index in [1.54, 1.807) is 4.90 Å². The standard InChI is InChI=1S/C9H11F3N4O/c10-9(11,12)8(17)5-7(6-14-15-13)16-3-1-2-4-16/h5H,1-4,6H2/b7-5-. The van der Waals surface area contributed by atoms with Gasteiger partial charge in [0.15, 0.2) is 0 Å². The molecule has 94 valence electrons. The Morgan fingerprint density at radius 2 is 2.00 bits per heavy atom. The second kappa shape index (κ2) is 5.58. The lowest BCUT2D eigenvalue weighted by molar-refractivity contribution is -0.165. The summed E-state index contributed by atoms with van der Waals surface area (Å²) >= 11 is 0. The molecule has 8 heteroatoms. The lowest BCUT2D eigenvalue weighted by Crippen LogP contribution is -2.26. The van der Waals surface area contributed by atoms with Crippen LogP contribution in [0.25, 0.3) is 10.4 Å². The number of allylic oxidation sites excluding steroid dienone is 1. The molecule has 5 nitrogen and oxygen atoms in total. The molecule has 1 fully saturated rings. The van der Waals surface area contributed by atoms with Gasteiger partial charge in [-0.15, -0.1) is 0 Å². The number of likely N-dealkylation sites (tertiary alicyclic amines) is 1. The summed E-state index contributed by atoms with van der Waals surface area (Å²) in [5, 5.41) is 3.20. The molecule has 0 aliphatic carbocycles. The van der Waals surface area contributed by atoms with E-state index >= 15 is 0 Å². The van der Waals surface area contributed by atoms with E-state index in [2.05, 4.69) is 10.0 Å². The van der Waals surface area contributed by atoms with Gasteiger partial charge in [0.25, 0.3) is 5.78 Å². The van der Waals surface area contributed by atoms with Crippen LogP contribution in [0.1, 0.15) is 12.8 Å². The Labute approximate surface area is 95.5 Å². The lowest BCUT2D eigenvalue weighted by atomic mass is 10.2. The molecular weight excluding hydrogens is 237 g/mol. The molecule has 0 aromatic heterocycles. The minimum atomic E-state index is -4.89. The fraction of sp³-hybridized carbons (Fsp3) is 0.667. The maximum Gasteiger partial charge on any atom is 0.454 e. The predicted octanol–water partition coefficient (Wildman–Crippen LogP) is 2.41. The summed E-state index contributed by atoms with van der Waals surface area (Å²) in [6.07, 6.45) is -2.66. The van der Waals surface area contributed by atoms with Crippen LogP contribution in [0.5, 0.6) is 0 Å². The molecule has 0 aromatic rings. The molecule has 0 N–H and O–H groups in total. The van der Waals surface area contributed by atoms with E-state index in [-0.39, 0.29) is 12.2 Å². The normalized spacial score (nSPS) is 16.9. The van der Waals surface area contributed by atoms with Crippen molar-refractivity contribution in [2.45, 2.75) is 19.0 Å². The summed E-state index contributed by atoms with van der Waals surface area (Å²) in [4.78, 5) is 15.0. The number of carbonyl (C=O) groups excluding carboxylic acids is 1. The zero-order valence-corrected chi connectivity index (χ0v) is 8.94. The Bertz CT molecular complexity index is 365. The van der Waals surface area contributed by atoms with Crippen LogP contribution in [0.4, 0.5) is 13.2 Å². The average molecular weight is 248 g/mol. The fourth-order valence-corrected chi connectivity index (χ4v) is 1.58. The number of carbonyl (C=O) groups is 1. The number of alkyl halides is 3. The maximum absolute atomic E-state index is 12.1. The highest BCUT2D eigenvalue weighted by molar-refractivity contribution is 5.94. The van der Waals surface area contributed by atoms with E-state index < -0.39 is 12.0 Å². The van der Waals surface area contributed by atoms with E-state index in [0.29, 0.717) is 19.2 Å². The molecule has 0 spiro atoms. The lowest BCUT2D eigenvalue weighted by Gasteiger charge is -2.20. The van der Waals surface area contributed by atoms with Crippen LogP contribution in [0.3, 0.4) is 0 Å². The number of halogens is 3. The van der Waals surface area contributed by atoms with Crippen LogP contribution >= 0.6 is 0 Å². The molecule has 1 aliphatic heterocycles. The Balaban J connectivity index is 2.84. The Kier molecular flexibility index (Phi) is 4.39. The summed E-state index contributed by atoms with van der Waals surface area (Å²) in [6.45, 7) is 0.925. The molecule has 0 atom stereocenters. The molecule has 1 heterocycles. The summed E-state index contributed by atoms with van der Waals surface area (Å²) in [5.74, 6) is -1.92. The second-order valence-corrected chi connectivity index (χ2v) is 3.58. The van der Waals surface area contributed by atoms with E-state index in [1.807, 2.05) is 0 Å². The monoisotopic (exact) mass is 248 g/mol. The van der Waals surface area contributed by atoms with Crippen LogP contribution in [-0.4, -0.2) is 36.5 Å². The van der Waals surface area contributed by atoms with E-state index in [1.165, 1.54) is 0 Å². The molecule has 0 aromatic carbocycles. The van der Waals surface area contributed by atoms with Crippen LogP contribution in [0.2, 0.25) is 0 Å². The smallest absolute Gasteiger partial charge is 0.375 e. The first-order valence-electron chi connectivity index (χ1n) is 5.02. The van der Waals surface area contributed by atoms with Crippen LogP contribution in [-0.2, 0) is 4.79 Å². The summed E-state index contributed by atoms with van der Waals surface area (Å²) in [7, 11) is 0.